The summed E-state index contributed by atoms with van der Waals surface area (Å²) in [5.74, 6) is 1.06. The van der Waals surface area contributed by atoms with Gasteiger partial charge < -0.3 is 5.32 Å². The lowest BCUT2D eigenvalue weighted by atomic mass is 9.87. The van der Waals surface area contributed by atoms with Gasteiger partial charge in [0.1, 0.15) is 0 Å². The Hall–Kier alpha value is -0.830. The van der Waals surface area contributed by atoms with Gasteiger partial charge in [0.15, 0.2) is 0 Å². The summed E-state index contributed by atoms with van der Waals surface area (Å²) in [7, 11) is 0. The van der Waals surface area contributed by atoms with Crippen LogP contribution in [0.1, 0.15) is 43.9 Å². The average Bonchev–Trinajstić information content (AvgIpc) is 2.83. The second-order valence-electron chi connectivity index (χ2n) is 5.10. The predicted octanol–water partition coefficient (Wildman–Crippen LogP) is 3.38. The Morgan fingerprint density at radius 3 is 2.82 bits per heavy atom. The first-order valence-corrected chi connectivity index (χ1v) is 7.44. The van der Waals surface area contributed by atoms with Gasteiger partial charge in [-0.3, -0.25) is 4.79 Å². The molecule has 0 radical (unpaired) electrons. The van der Waals surface area contributed by atoms with Crippen LogP contribution in [-0.4, -0.2) is 11.9 Å². The van der Waals surface area contributed by atoms with Gasteiger partial charge in [-0.25, -0.2) is 0 Å². The first kappa shape index (κ1) is 12.6. The fraction of sp³-hybridized carbons (Fsp3) is 0.643. The minimum atomic E-state index is 0.220. The quantitative estimate of drug-likeness (QED) is 0.873. The molecule has 3 heteroatoms. The van der Waals surface area contributed by atoms with Crippen LogP contribution < -0.4 is 5.32 Å². The zero-order valence-electron chi connectivity index (χ0n) is 10.4. The number of nitrogens with one attached hydrogen (secondary N) is 1. The van der Waals surface area contributed by atoms with E-state index in [1.165, 1.54) is 17.7 Å². The highest BCUT2D eigenvalue weighted by Crippen LogP contribution is 2.23. The Balaban J connectivity index is 1.67. The molecule has 1 saturated carbocycles. The summed E-state index contributed by atoms with van der Waals surface area (Å²) in [6, 6.07) is 4.57. The molecule has 1 heterocycles. The van der Waals surface area contributed by atoms with Gasteiger partial charge in [-0.1, -0.05) is 13.0 Å². The number of aryl methyl sites for hydroxylation is 1. The summed E-state index contributed by atoms with van der Waals surface area (Å²) in [5, 5.41) is 5.23. The largest absolute Gasteiger partial charge is 0.353 e. The van der Waals surface area contributed by atoms with E-state index in [2.05, 4.69) is 23.7 Å². The van der Waals surface area contributed by atoms with E-state index in [4.69, 9.17) is 0 Å². The third-order valence-electron chi connectivity index (χ3n) is 3.56. The smallest absolute Gasteiger partial charge is 0.220 e. The number of hydrogen-bond acceptors (Lipinski definition) is 2. The monoisotopic (exact) mass is 251 g/mol. The van der Waals surface area contributed by atoms with Crippen LogP contribution in [0.15, 0.2) is 17.5 Å². The minimum absolute atomic E-state index is 0.220. The van der Waals surface area contributed by atoms with Crippen LogP contribution in [-0.2, 0) is 11.2 Å². The number of amides is 1. The first-order valence-electron chi connectivity index (χ1n) is 6.56. The maximum atomic E-state index is 11.8. The predicted molar refractivity (Wildman–Crippen MR) is 72.2 cm³/mol. The number of carbonyl (C=O) groups excluding carboxylic acids is 1. The molecule has 1 N–H and O–H groups in total. The van der Waals surface area contributed by atoms with Crippen molar-refractivity contribution in [3.05, 3.63) is 22.4 Å². The molecule has 94 valence electrons. The molecular formula is C14H21NOS. The number of rotatable bonds is 4. The SMILES string of the molecule is CC1CCC(NC(=O)CCc2cccs2)CC1. The second kappa shape index (κ2) is 6.20. The lowest BCUT2D eigenvalue weighted by Crippen LogP contribution is -2.37. The molecule has 0 aliphatic heterocycles. The van der Waals surface area contributed by atoms with Crippen molar-refractivity contribution in [1.29, 1.82) is 0 Å². The maximum absolute atomic E-state index is 11.8. The van der Waals surface area contributed by atoms with Crippen LogP contribution >= 0.6 is 11.3 Å². The van der Waals surface area contributed by atoms with E-state index in [1.54, 1.807) is 11.3 Å². The van der Waals surface area contributed by atoms with E-state index in [-0.39, 0.29) is 5.91 Å². The van der Waals surface area contributed by atoms with Crippen molar-refractivity contribution in [2.75, 3.05) is 0 Å². The summed E-state index contributed by atoms with van der Waals surface area (Å²) in [6.07, 6.45) is 6.35. The lowest BCUT2D eigenvalue weighted by molar-refractivity contribution is -0.122. The normalized spacial score (nSPS) is 24.5. The maximum Gasteiger partial charge on any atom is 0.220 e. The molecule has 0 spiro atoms. The van der Waals surface area contributed by atoms with Gasteiger partial charge in [0.25, 0.3) is 0 Å². The molecule has 0 saturated heterocycles. The molecule has 1 aromatic heterocycles. The van der Waals surface area contributed by atoms with E-state index < -0.39 is 0 Å². The molecule has 1 aliphatic carbocycles. The third kappa shape index (κ3) is 4.15. The fourth-order valence-electron chi connectivity index (χ4n) is 2.40. The Kier molecular flexibility index (Phi) is 4.60. The van der Waals surface area contributed by atoms with Crippen molar-refractivity contribution in [1.82, 2.24) is 5.32 Å². The topological polar surface area (TPSA) is 29.1 Å². The van der Waals surface area contributed by atoms with Crippen LogP contribution in [0, 0.1) is 5.92 Å². The van der Waals surface area contributed by atoms with Gasteiger partial charge >= 0.3 is 0 Å². The van der Waals surface area contributed by atoms with Crippen LogP contribution in [0.5, 0.6) is 0 Å². The molecule has 1 fully saturated rings. The van der Waals surface area contributed by atoms with Crippen LogP contribution in [0.3, 0.4) is 0 Å². The van der Waals surface area contributed by atoms with E-state index in [9.17, 15) is 4.79 Å². The first-order chi connectivity index (χ1) is 8.24. The highest BCUT2D eigenvalue weighted by atomic mass is 32.1. The number of hydrogen-bond donors (Lipinski definition) is 1. The van der Waals surface area contributed by atoms with E-state index in [0.717, 1.165) is 25.2 Å². The molecule has 0 aromatic carbocycles. The summed E-state index contributed by atoms with van der Waals surface area (Å²) in [4.78, 5) is 13.1. The molecular weight excluding hydrogens is 230 g/mol. The highest BCUT2D eigenvalue weighted by molar-refractivity contribution is 7.09. The molecule has 0 unspecified atom stereocenters. The Bertz CT molecular complexity index is 339. The summed E-state index contributed by atoms with van der Waals surface area (Å²) < 4.78 is 0. The van der Waals surface area contributed by atoms with Crippen molar-refractivity contribution in [2.24, 2.45) is 5.92 Å². The molecule has 1 aliphatic rings. The lowest BCUT2D eigenvalue weighted by Gasteiger charge is -2.26. The van der Waals surface area contributed by atoms with E-state index >= 15 is 0 Å². The number of thiophene rings is 1. The summed E-state index contributed by atoms with van der Waals surface area (Å²) in [6.45, 7) is 2.30. The molecule has 0 atom stereocenters. The van der Waals surface area contributed by atoms with Crippen LogP contribution in [0.4, 0.5) is 0 Å². The van der Waals surface area contributed by atoms with Crippen molar-refractivity contribution < 1.29 is 4.79 Å². The van der Waals surface area contributed by atoms with Crippen molar-refractivity contribution in [2.45, 2.75) is 51.5 Å². The van der Waals surface area contributed by atoms with Crippen molar-refractivity contribution in [3.63, 3.8) is 0 Å². The van der Waals surface area contributed by atoms with Crippen LogP contribution in [0.2, 0.25) is 0 Å². The second-order valence-corrected chi connectivity index (χ2v) is 6.14. The van der Waals surface area contributed by atoms with Gasteiger partial charge in [0, 0.05) is 17.3 Å². The van der Waals surface area contributed by atoms with Gasteiger partial charge in [0.05, 0.1) is 0 Å². The summed E-state index contributed by atoms with van der Waals surface area (Å²) in [5.41, 5.74) is 0. The van der Waals surface area contributed by atoms with E-state index in [0.29, 0.717) is 12.5 Å². The molecule has 17 heavy (non-hydrogen) atoms. The fourth-order valence-corrected chi connectivity index (χ4v) is 3.10. The summed E-state index contributed by atoms with van der Waals surface area (Å²) >= 11 is 1.73. The zero-order chi connectivity index (χ0) is 12.1. The van der Waals surface area contributed by atoms with Crippen LogP contribution in [0.25, 0.3) is 0 Å². The third-order valence-corrected chi connectivity index (χ3v) is 4.50. The Labute approximate surface area is 107 Å². The van der Waals surface area contributed by atoms with Gasteiger partial charge in [-0.2, -0.15) is 0 Å². The Morgan fingerprint density at radius 2 is 2.18 bits per heavy atom. The highest BCUT2D eigenvalue weighted by Gasteiger charge is 2.19. The molecule has 1 amide bonds. The van der Waals surface area contributed by atoms with Gasteiger partial charge in [-0.05, 0) is 49.5 Å². The molecule has 1 aromatic rings. The standard InChI is InChI=1S/C14H21NOS/c1-11-4-6-12(7-5-11)15-14(16)9-8-13-3-2-10-17-13/h2-3,10-12H,4-9H2,1H3,(H,15,16). The van der Waals surface area contributed by atoms with Gasteiger partial charge in [-0.15, -0.1) is 11.3 Å². The van der Waals surface area contributed by atoms with E-state index in [1.807, 2.05) is 6.07 Å². The number of carbonyl (C=O) groups is 1. The zero-order valence-corrected chi connectivity index (χ0v) is 11.3. The average molecular weight is 251 g/mol. The molecule has 2 rings (SSSR count). The molecule has 2 nitrogen and oxygen atoms in total. The Morgan fingerprint density at radius 1 is 1.41 bits per heavy atom. The molecule has 0 bridgehead atoms. The van der Waals surface area contributed by atoms with Gasteiger partial charge in [0.2, 0.25) is 5.91 Å². The van der Waals surface area contributed by atoms with Crippen molar-refractivity contribution in [3.8, 4) is 0 Å². The van der Waals surface area contributed by atoms with Crippen molar-refractivity contribution >= 4 is 17.2 Å². The minimum Gasteiger partial charge on any atom is -0.353 e.